The van der Waals surface area contributed by atoms with Crippen molar-refractivity contribution in [2.24, 2.45) is 5.92 Å². The quantitative estimate of drug-likeness (QED) is 0.865. The van der Waals surface area contributed by atoms with E-state index < -0.39 is 0 Å². The topological polar surface area (TPSA) is 52.6 Å². The monoisotopic (exact) mass is 298 g/mol. The molecule has 0 bridgehead atoms. The van der Waals surface area contributed by atoms with Crippen molar-refractivity contribution in [3.05, 3.63) is 35.9 Å². The van der Waals surface area contributed by atoms with Crippen LogP contribution >= 0.6 is 12.4 Å². The van der Waals surface area contributed by atoms with Gasteiger partial charge in [0.15, 0.2) is 0 Å². The lowest BCUT2D eigenvalue weighted by Gasteiger charge is -2.29. The highest BCUT2D eigenvalue weighted by Gasteiger charge is 2.25. The van der Waals surface area contributed by atoms with Crippen molar-refractivity contribution in [3.8, 4) is 0 Å². The predicted octanol–water partition coefficient (Wildman–Crippen LogP) is 1.43. The number of benzene rings is 1. The maximum Gasteiger partial charge on any atom is 0.227 e. The van der Waals surface area contributed by atoms with E-state index in [0.29, 0.717) is 13.1 Å². The molecule has 1 aromatic rings. The maximum atomic E-state index is 12.5. The Balaban J connectivity index is 0.00000200. The summed E-state index contributed by atoms with van der Waals surface area (Å²) < 4.78 is 0. The average Bonchev–Trinajstić information content (AvgIpc) is 2.48. The Kier molecular flexibility index (Phi) is 7.59. The normalized spacial score (nSPS) is 18.1. The van der Waals surface area contributed by atoms with Crippen molar-refractivity contribution in [1.29, 1.82) is 0 Å². The van der Waals surface area contributed by atoms with Crippen LogP contribution in [0.25, 0.3) is 0 Å². The number of piperidine rings is 1. The smallest absolute Gasteiger partial charge is 0.227 e. The number of nitrogens with one attached hydrogen (secondary N) is 1. The third-order valence-electron chi connectivity index (χ3n) is 3.54. The fraction of sp³-hybridized carbons (Fsp3) is 0.533. The lowest BCUT2D eigenvalue weighted by Crippen LogP contribution is -2.43. The van der Waals surface area contributed by atoms with Gasteiger partial charge in [-0.15, -0.1) is 12.4 Å². The molecule has 20 heavy (non-hydrogen) atoms. The molecule has 4 nitrogen and oxygen atoms in total. The number of halogens is 1. The number of hydrogen-bond acceptors (Lipinski definition) is 3. The largest absolute Gasteiger partial charge is 0.395 e. The summed E-state index contributed by atoms with van der Waals surface area (Å²) >= 11 is 0. The molecule has 2 rings (SSSR count). The molecule has 0 radical (unpaired) electrons. The first-order chi connectivity index (χ1) is 9.31. The second-order valence-corrected chi connectivity index (χ2v) is 5.01. The van der Waals surface area contributed by atoms with E-state index in [9.17, 15) is 4.79 Å². The Morgan fingerprint density at radius 2 is 2.10 bits per heavy atom. The fourth-order valence-corrected chi connectivity index (χ4v) is 2.51. The number of nitrogens with zero attached hydrogens (tertiary/aromatic N) is 1. The lowest BCUT2D eigenvalue weighted by atomic mass is 9.98. The summed E-state index contributed by atoms with van der Waals surface area (Å²) in [6.45, 7) is 2.76. The second kappa shape index (κ2) is 8.95. The first-order valence-corrected chi connectivity index (χ1v) is 6.95. The first kappa shape index (κ1) is 17.0. The zero-order valence-corrected chi connectivity index (χ0v) is 12.4. The number of amides is 1. The highest BCUT2D eigenvalue weighted by molar-refractivity contribution is 5.85. The van der Waals surface area contributed by atoms with Gasteiger partial charge in [0.2, 0.25) is 5.91 Å². The van der Waals surface area contributed by atoms with E-state index in [-0.39, 0.29) is 30.8 Å². The molecule has 0 saturated carbocycles. The zero-order valence-electron chi connectivity index (χ0n) is 11.6. The number of hydrogen-bond donors (Lipinski definition) is 2. The Bertz CT molecular complexity index is 394. The minimum absolute atomic E-state index is 0. The molecule has 1 fully saturated rings. The maximum absolute atomic E-state index is 12.5. The van der Waals surface area contributed by atoms with E-state index in [1.165, 1.54) is 0 Å². The van der Waals surface area contributed by atoms with Crippen LogP contribution in [0.1, 0.15) is 18.4 Å². The van der Waals surface area contributed by atoms with Crippen molar-refractivity contribution in [1.82, 2.24) is 10.2 Å². The molecule has 1 heterocycles. The molecule has 1 aliphatic rings. The third-order valence-corrected chi connectivity index (χ3v) is 3.54. The van der Waals surface area contributed by atoms with E-state index in [1.54, 1.807) is 4.90 Å². The summed E-state index contributed by atoms with van der Waals surface area (Å²) in [7, 11) is 0. The highest BCUT2D eigenvalue weighted by Crippen LogP contribution is 2.15. The van der Waals surface area contributed by atoms with Crippen LogP contribution in [-0.2, 0) is 11.3 Å². The van der Waals surface area contributed by atoms with Crippen molar-refractivity contribution < 1.29 is 9.90 Å². The minimum atomic E-state index is 0. The molecule has 0 spiro atoms. The van der Waals surface area contributed by atoms with Crippen LogP contribution in [0.2, 0.25) is 0 Å². The van der Waals surface area contributed by atoms with Gasteiger partial charge in [0.1, 0.15) is 0 Å². The molecular weight excluding hydrogens is 276 g/mol. The summed E-state index contributed by atoms with van der Waals surface area (Å²) in [4.78, 5) is 14.2. The van der Waals surface area contributed by atoms with Crippen LogP contribution in [0, 0.1) is 5.92 Å². The van der Waals surface area contributed by atoms with Crippen molar-refractivity contribution in [2.45, 2.75) is 19.4 Å². The third kappa shape index (κ3) is 4.78. The van der Waals surface area contributed by atoms with E-state index >= 15 is 0 Å². The Hall–Kier alpha value is -1.10. The fourth-order valence-electron chi connectivity index (χ4n) is 2.51. The second-order valence-electron chi connectivity index (χ2n) is 5.01. The molecule has 0 aromatic heterocycles. The average molecular weight is 299 g/mol. The molecule has 2 N–H and O–H groups in total. The minimum Gasteiger partial charge on any atom is -0.395 e. The molecule has 1 aliphatic heterocycles. The molecule has 1 amide bonds. The van der Waals surface area contributed by atoms with Gasteiger partial charge < -0.3 is 15.3 Å². The molecule has 1 atom stereocenters. The van der Waals surface area contributed by atoms with Gasteiger partial charge >= 0.3 is 0 Å². The van der Waals surface area contributed by atoms with Crippen LogP contribution in [0.3, 0.4) is 0 Å². The van der Waals surface area contributed by atoms with Gasteiger partial charge in [0.25, 0.3) is 0 Å². The number of rotatable bonds is 5. The van der Waals surface area contributed by atoms with Crippen LogP contribution < -0.4 is 5.32 Å². The van der Waals surface area contributed by atoms with Gasteiger partial charge in [-0.2, -0.15) is 0 Å². The van der Waals surface area contributed by atoms with Gasteiger partial charge in [-0.25, -0.2) is 0 Å². The van der Waals surface area contributed by atoms with Crippen molar-refractivity contribution >= 4 is 18.3 Å². The number of aliphatic hydroxyl groups excluding tert-OH is 1. The first-order valence-electron chi connectivity index (χ1n) is 6.95. The summed E-state index contributed by atoms with van der Waals surface area (Å²) in [5.41, 5.74) is 1.10. The molecule has 1 aromatic carbocycles. The predicted molar refractivity (Wildman–Crippen MR) is 81.8 cm³/mol. The highest BCUT2D eigenvalue weighted by atomic mass is 35.5. The van der Waals surface area contributed by atoms with E-state index in [0.717, 1.165) is 31.5 Å². The van der Waals surface area contributed by atoms with Crippen LogP contribution in [0.5, 0.6) is 0 Å². The number of carbonyl (C=O) groups is 1. The van der Waals surface area contributed by atoms with Gasteiger partial charge in [-0.05, 0) is 24.9 Å². The summed E-state index contributed by atoms with van der Waals surface area (Å²) in [6.07, 6.45) is 2.00. The summed E-state index contributed by atoms with van der Waals surface area (Å²) in [5, 5.41) is 12.4. The van der Waals surface area contributed by atoms with E-state index in [4.69, 9.17) is 5.11 Å². The number of aliphatic hydroxyl groups is 1. The van der Waals surface area contributed by atoms with Gasteiger partial charge in [-0.1, -0.05) is 30.3 Å². The molecular formula is C15H23ClN2O2. The molecule has 0 unspecified atom stereocenters. The summed E-state index contributed by atoms with van der Waals surface area (Å²) in [5.74, 6) is 0.217. The van der Waals surface area contributed by atoms with Gasteiger partial charge in [0.05, 0.1) is 12.5 Å². The standard InChI is InChI=1S/C15H22N2O2.ClH/c18-10-9-17(12-13-5-2-1-3-6-13)15(19)14-7-4-8-16-11-14;/h1-3,5-6,14,16,18H,4,7-12H2;1H/t14-;/m1./s1. The van der Waals surface area contributed by atoms with Crippen molar-refractivity contribution in [2.75, 3.05) is 26.2 Å². The Morgan fingerprint density at radius 1 is 1.35 bits per heavy atom. The van der Waals surface area contributed by atoms with Crippen LogP contribution in [0.4, 0.5) is 0 Å². The Morgan fingerprint density at radius 3 is 2.70 bits per heavy atom. The van der Waals surface area contributed by atoms with Crippen LogP contribution in [-0.4, -0.2) is 42.2 Å². The molecule has 1 saturated heterocycles. The number of carbonyl (C=O) groups excluding carboxylic acids is 1. The van der Waals surface area contributed by atoms with Crippen LogP contribution in [0.15, 0.2) is 30.3 Å². The van der Waals surface area contributed by atoms with Gasteiger partial charge in [0, 0.05) is 19.6 Å². The lowest BCUT2D eigenvalue weighted by molar-refractivity contribution is -0.137. The van der Waals surface area contributed by atoms with Gasteiger partial charge in [-0.3, -0.25) is 4.79 Å². The SMILES string of the molecule is Cl.O=C([C@@H]1CCCNC1)N(CCO)Cc1ccccc1. The van der Waals surface area contributed by atoms with Crippen molar-refractivity contribution in [3.63, 3.8) is 0 Å². The Labute approximate surface area is 126 Å². The molecule has 112 valence electrons. The van der Waals surface area contributed by atoms with E-state index in [2.05, 4.69) is 5.32 Å². The summed E-state index contributed by atoms with van der Waals surface area (Å²) in [6, 6.07) is 9.93. The zero-order chi connectivity index (χ0) is 13.5. The van der Waals surface area contributed by atoms with E-state index in [1.807, 2.05) is 30.3 Å². The molecule has 5 heteroatoms. The molecule has 0 aliphatic carbocycles.